The van der Waals surface area contributed by atoms with Crippen molar-refractivity contribution in [3.05, 3.63) is 29.3 Å². The van der Waals surface area contributed by atoms with Crippen LogP contribution in [-0.4, -0.2) is 17.6 Å². The van der Waals surface area contributed by atoms with Gasteiger partial charge in [-0.15, -0.1) is 0 Å². The maximum atomic E-state index is 5.88. The van der Waals surface area contributed by atoms with Gasteiger partial charge in [-0.25, -0.2) is 0 Å². The van der Waals surface area contributed by atoms with E-state index in [1.54, 1.807) is 0 Å². The van der Waals surface area contributed by atoms with Crippen LogP contribution in [0.5, 0.6) is 0 Å². The van der Waals surface area contributed by atoms with Gasteiger partial charge in [0.25, 0.3) is 0 Å². The molecule has 0 aromatic heterocycles. The molecule has 0 radical (unpaired) electrons. The van der Waals surface area contributed by atoms with Crippen LogP contribution in [0, 0.1) is 6.92 Å². The highest BCUT2D eigenvalue weighted by Crippen LogP contribution is 2.24. The van der Waals surface area contributed by atoms with Gasteiger partial charge in [-0.3, -0.25) is 0 Å². The lowest BCUT2D eigenvalue weighted by Gasteiger charge is -2.31. The number of nitrogens with two attached hydrogens (primary N) is 1. The second-order valence-electron chi connectivity index (χ2n) is 5.38. The number of unbranched alkanes of at least 4 members (excludes halogenated alkanes) is 2. The molecule has 2 N–H and O–H groups in total. The molecule has 0 bridgehead atoms. The number of rotatable bonds is 7. The lowest BCUT2D eigenvalue weighted by Crippen LogP contribution is -2.33. The van der Waals surface area contributed by atoms with Crippen molar-refractivity contribution >= 4 is 22.9 Å². The fourth-order valence-electron chi connectivity index (χ4n) is 2.29. The first-order valence-electron chi connectivity index (χ1n) is 7.14. The van der Waals surface area contributed by atoms with E-state index in [1.807, 2.05) is 0 Å². The van der Waals surface area contributed by atoms with Crippen molar-refractivity contribution in [3.63, 3.8) is 0 Å². The Kier molecular flexibility index (Phi) is 6.29. The van der Waals surface area contributed by atoms with Crippen LogP contribution in [-0.2, 0) is 0 Å². The van der Waals surface area contributed by atoms with Crippen LogP contribution in [0.2, 0.25) is 0 Å². The fraction of sp³-hybridized carbons (Fsp3) is 0.562. The van der Waals surface area contributed by atoms with Gasteiger partial charge in [-0.05, 0) is 39.3 Å². The molecule has 0 heterocycles. The molecule has 0 aliphatic heterocycles. The van der Waals surface area contributed by atoms with Crippen LogP contribution in [0.25, 0.3) is 0 Å². The van der Waals surface area contributed by atoms with Crippen molar-refractivity contribution in [1.29, 1.82) is 0 Å². The summed E-state index contributed by atoms with van der Waals surface area (Å²) >= 11 is 5.20. The summed E-state index contributed by atoms with van der Waals surface area (Å²) in [6, 6.07) is 6.82. The molecule has 0 fully saturated rings. The van der Waals surface area contributed by atoms with E-state index in [4.69, 9.17) is 18.0 Å². The van der Waals surface area contributed by atoms with Crippen molar-refractivity contribution in [2.75, 3.05) is 11.4 Å². The number of nitrogens with zero attached hydrogens (tertiary/aromatic N) is 1. The SMILES string of the molecule is CCCCCN(c1ccc(C)cc1C(N)=S)C(C)C. The maximum Gasteiger partial charge on any atom is 0.106 e. The normalized spacial score (nSPS) is 10.8. The minimum Gasteiger partial charge on any atom is -0.389 e. The molecule has 0 amide bonds. The highest BCUT2D eigenvalue weighted by atomic mass is 32.1. The maximum absolute atomic E-state index is 5.88. The Morgan fingerprint density at radius 3 is 2.53 bits per heavy atom. The van der Waals surface area contributed by atoms with Gasteiger partial charge in [0.1, 0.15) is 4.99 Å². The molecule has 19 heavy (non-hydrogen) atoms. The first kappa shape index (κ1) is 16.0. The highest BCUT2D eigenvalue weighted by molar-refractivity contribution is 7.80. The standard InChI is InChI=1S/C16H26N2S/c1-5-6-7-10-18(12(2)3)15-9-8-13(4)11-14(15)16(17)19/h8-9,11-12H,5-7,10H2,1-4H3,(H2,17,19). The minimum atomic E-state index is 0.452. The first-order valence-corrected chi connectivity index (χ1v) is 7.55. The molecule has 3 heteroatoms. The molecule has 1 rings (SSSR count). The van der Waals surface area contributed by atoms with E-state index in [0.717, 1.165) is 12.1 Å². The molecule has 0 atom stereocenters. The van der Waals surface area contributed by atoms with Crippen LogP contribution < -0.4 is 10.6 Å². The number of aryl methyl sites for hydroxylation is 1. The monoisotopic (exact) mass is 278 g/mol. The van der Waals surface area contributed by atoms with Crippen molar-refractivity contribution in [1.82, 2.24) is 0 Å². The van der Waals surface area contributed by atoms with E-state index in [2.05, 4.69) is 50.8 Å². The van der Waals surface area contributed by atoms with Gasteiger partial charge in [0, 0.05) is 23.8 Å². The minimum absolute atomic E-state index is 0.452. The molecule has 0 unspecified atom stereocenters. The molecular weight excluding hydrogens is 252 g/mol. The number of anilines is 1. The van der Waals surface area contributed by atoms with Gasteiger partial charge in [-0.1, -0.05) is 43.6 Å². The first-order chi connectivity index (χ1) is 8.97. The number of benzene rings is 1. The molecular formula is C16H26N2S. The summed E-state index contributed by atoms with van der Waals surface area (Å²) in [6.07, 6.45) is 3.71. The molecule has 0 spiro atoms. The van der Waals surface area contributed by atoms with Gasteiger partial charge in [0.2, 0.25) is 0 Å². The Hall–Kier alpha value is -1.09. The Balaban J connectivity index is 3.04. The third-order valence-electron chi connectivity index (χ3n) is 3.35. The van der Waals surface area contributed by atoms with E-state index in [0.29, 0.717) is 11.0 Å². The van der Waals surface area contributed by atoms with E-state index in [-0.39, 0.29) is 0 Å². The van der Waals surface area contributed by atoms with Crippen molar-refractivity contribution in [2.24, 2.45) is 5.73 Å². The Labute approximate surface area is 123 Å². The van der Waals surface area contributed by atoms with Crippen molar-refractivity contribution in [3.8, 4) is 0 Å². The van der Waals surface area contributed by atoms with Gasteiger partial charge in [-0.2, -0.15) is 0 Å². The lowest BCUT2D eigenvalue weighted by molar-refractivity contribution is 0.625. The summed E-state index contributed by atoms with van der Waals surface area (Å²) in [5, 5.41) is 0. The summed E-state index contributed by atoms with van der Waals surface area (Å²) in [5.74, 6) is 0. The van der Waals surface area contributed by atoms with Gasteiger partial charge >= 0.3 is 0 Å². The van der Waals surface area contributed by atoms with E-state index >= 15 is 0 Å². The van der Waals surface area contributed by atoms with Gasteiger partial charge < -0.3 is 10.6 Å². The third-order valence-corrected chi connectivity index (χ3v) is 3.57. The molecule has 1 aromatic carbocycles. The van der Waals surface area contributed by atoms with Crippen molar-refractivity contribution in [2.45, 2.75) is 53.0 Å². The largest absolute Gasteiger partial charge is 0.389 e. The van der Waals surface area contributed by atoms with Crippen LogP contribution in [0.3, 0.4) is 0 Å². The zero-order chi connectivity index (χ0) is 14.4. The molecule has 1 aromatic rings. The zero-order valence-electron chi connectivity index (χ0n) is 12.6. The van der Waals surface area contributed by atoms with Crippen molar-refractivity contribution < 1.29 is 0 Å². The Bertz CT molecular complexity index is 427. The molecule has 2 nitrogen and oxygen atoms in total. The number of hydrogen-bond acceptors (Lipinski definition) is 2. The smallest absolute Gasteiger partial charge is 0.106 e. The summed E-state index contributed by atoms with van der Waals surface area (Å²) in [5.41, 5.74) is 9.25. The average Bonchev–Trinajstić information content (AvgIpc) is 2.35. The van der Waals surface area contributed by atoms with Crippen LogP contribution >= 0.6 is 12.2 Å². The Morgan fingerprint density at radius 1 is 1.32 bits per heavy atom. The summed E-state index contributed by atoms with van der Waals surface area (Å²) in [6.45, 7) is 9.79. The Morgan fingerprint density at radius 2 is 2.00 bits per heavy atom. The predicted molar refractivity (Wildman–Crippen MR) is 89.1 cm³/mol. The van der Waals surface area contributed by atoms with Crippen LogP contribution in [0.15, 0.2) is 18.2 Å². The number of thiocarbonyl (C=S) groups is 1. The average molecular weight is 278 g/mol. The zero-order valence-corrected chi connectivity index (χ0v) is 13.4. The second-order valence-corrected chi connectivity index (χ2v) is 5.82. The molecule has 0 aliphatic carbocycles. The predicted octanol–water partition coefficient (Wildman–Crippen LogP) is 4.03. The topological polar surface area (TPSA) is 29.3 Å². The third kappa shape index (κ3) is 4.50. The van der Waals surface area contributed by atoms with Crippen LogP contribution in [0.4, 0.5) is 5.69 Å². The van der Waals surface area contributed by atoms with Gasteiger partial charge in [0.05, 0.1) is 0 Å². The molecule has 0 aliphatic rings. The molecule has 106 valence electrons. The summed E-state index contributed by atoms with van der Waals surface area (Å²) in [4.78, 5) is 2.89. The summed E-state index contributed by atoms with van der Waals surface area (Å²) in [7, 11) is 0. The molecule has 0 saturated heterocycles. The quantitative estimate of drug-likeness (QED) is 0.603. The van der Waals surface area contributed by atoms with E-state index in [1.165, 1.54) is 30.5 Å². The highest BCUT2D eigenvalue weighted by Gasteiger charge is 2.15. The van der Waals surface area contributed by atoms with E-state index < -0.39 is 0 Å². The van der Waals surface area contributed by atoms with Crippen LogP contribution in [0.1, 0.15) is 51.2 Å². The van der Waals surface area contributed by atoms with Gasteiger partial charge in [0.15, 0.2) is 0 Å². The molecule has 0 saturated carbocycles. The fourth-order valence-corrected chi connectivity index (χ4v) is 2.45. The number of hydrogen-bond donors (Lipinski definition) is 1. The summed E-state index contributed by atoms with van der Waals surface area (Å²) < 4.78 is 0. The van der Waals surface area contributed by atoms with E-state index in [9.17, 15) is 0 Å². The lowest BCUT2D eigenvalue weighted by atomic mass is 10.1. The second kappa shape index (κ2) is 7.49.